The summed E-state index contributed by atoms with van der Waals surface area (Å²) in [6.07, 6.45) is 1.04. The van der Waals surface area contributed by atoms with Crippen molar-refractivity contribution in [3.63, 3.8) is 0 Å². The van der Waals surface area contributed by atoms with E-state index in [1.165, 1.54) is 26.4 Å². The lowest BCUT2D eigenvalue weighted by Crippen LogP contribution is -2.07. The molecule has 0 aliphatic rings. The molecule has 5 heteroatoms. The summed E-state index contributed by atoms with van der Waals surface area (Å²) in [5.74, 6) is 0.137. The van der Waals surface area contributed by atoms with Gasteiger partial charge in [-0.05, 0) is 30.7 Å². The lowest BCUT2D eigenvalue weighted by Gasteiger charge is -2.13. The summed E-state index contributed by atoms with van der Waals surface area (Å²) in [6.45, 7) is 1.88. The molecule has 0 spiro atoms. The van der Waals surface area contributed by atoms with E-state index in [2.05, 4.69) is 9.97 Å². The van der Waals surface area contributed by atoms with Crippen molar-refractivity contribution in [3.8, 4) is 11.4 Å². The molecule has 0 atom stereocenters. The number of methoxy groups -OCH3 is 2. The largest absolute Gasteiger partial charge is 0.350 e. The average Bonchev–Trinajstić information content (AvgIpc) is 2.43. The van der Waals surface area contributed by atoms with Crippen molar-refractivity contribution in [1.29, 1.82) is 0 Å². The van der Waals surface area contributed by atoms with Crippen LogP contribution in [0.2, 0.25) is 0 Å². The van der Waals surface area contributed by atoms with E-state index in [4.69, 9.17) is 9.47 Å². The zero-order chi connectivity index (χ0) is 13.8. The summed E-state index contributed by atoms with van der Waals surface area (Å²) in [7, 11) is 3.06. The number of ether oxygens (including phenoxy) is 2. The van der Waals surface area contributed by atoms with E-state index in [1.807, 2.05) is 6.92 Å². The molecule has 1 aromatic carbocycles. The summed E-state index contributed by atoms with van der Waals surface area (Å²) in [6, 6.07) is 6.24. The molecule has 4 nitrogen and oxygen atoms in total. The predicted octanol–water partition coefficient (Wildman–Crippen LogP) is 2.88. The first-order valence-corrected chi connectivity index (χ1v) is 5.80. The van der Waals surface area contributed by atoms with E-state index in [0.29, 0.717) is 17.1 Å². The van der Waals surface area contributed by atoms with Crippen molar-refractivity contribution in [2.75, 3.05) is 14.2 Å². The molecule has 2 rings (SSSR count). The Bertz CT molecular complexity index is 571. The third-order valence-corrected chi connectivity index (χ3v) is 2.79. The van der Waals surface area contributed by atoms with Crippen LogP contribution in [-0.4, -0.2) is 24.2 Å². The van der Waals surface area contributed by atoms with Crippen LogP contribution in [0.15, 0.2) is 30.5 Å². The quantitative estimate of drug-likeness (QED) is 0.795. The van der Waals surface area contributed by atoms with Crippen LogP contribution in [0.3, 0.4) is 0 Å². The molecular formula is C14H15FN2O2. The van der Waals surface area contributed by atoms with Crippen molar-refractivity contribution in [3.05, 3.63) is 47.5 Å². The second-order valence-electron chi connectivity index (χ2n) is 4.07. The lowest BCUT2D eigenvalue weighted by molar-refractivity contribution is -0.108. The van der Waals surface area contributed by atoms with Crippen molar-refractivity contribution < 1.29 is 13.9 Å². The molecule has 1 heterocycles. The predicted molar refractivity (Wildman–Crippen MR) is 68.9 cm³/mol. The van der Waals surface area contributed by atoms with Crippen LogP contribution in [0.4, 0.5) is 4.39 Å². The molecule has 0 aliphatic heterocycles. The molecule has 0 aliphatic carbocycles. The van der Waals surface area contributed by atoms with Gasteiger partial charge in [-0.15, -0.1) is 0 Å². The summed E-state index contributed by atoms with van der Waals surface area (Å²) in [5.41, 5.74) is 2.16. The molecule has 0 N–H and O–H groups in total. The summed E-state index contributed by atoms with van der Waals surface area (Å²) < 4.78 is 23.6. The minimum Gasteiger partial charge on any atom is -0.350 e. The molecular weight excluding hydrogens is 247 g/mol. The van der Waals surface area contributed by atoms with Crippen LogP contribution >= 0.6 is 0 Å². The van der Waals surface area contributed by atoms with Crippen molar-refractivity contribution >= 4 is 0 Å². The zero-order valence-electron chi connectivity index (χ0n) is 11.1. The van der Waals surface area contributed by atoms with Gasteiger partial charge in [0, 0.05) is 26.0 Å². The van der Waals surface area contributed by atoms with Gasteiger partial charge in [-0.2, -0.15) is 0 Å². The van der Waals surface area contributed by atoms with Crippen molar-refractivity contribution in [2.45, 2.75) is 13.2 Å². The normalized spacial score (nSPS) is 11.0. The Kier molecular flexibility index (Phi) is 4.19. The zero-order valence-corrected chi connectivity index (χ0v) is 11.1. The van der Waals surface area contributed by atoms with Crippen molar-refractivity contribution in [2.24, 2.45) is 0 Å². The molecule has 0 fully saturated rings. The molecule has 100 valence electrons. The first-order valence-electron chi connectivity index (χ1n) is 5.80. The Hall–Kier alpha value is -1.85. The van der Waals surface area contributed by atoms with Gasteiger partial charge in [0.2, 0.25) is 6.29 Å². The number of hydrogen-bond acceptors (Lipinski definition) is 4. The topological polar surface area (TPSA) is 44.2 Å². The third-order valence-electron chi connectivity index (χ3n) is 2.79. The van der Waals surface area contributed by atoms with Gasteiger partial charge in [0.15, 0.2) is 5.82 Å². The minimum absolute atomic E-state index is 0.315. The standard InChI is InChI=1S/C14H15FN2O2/c1-9-4-5-10(15)8-11(9)13-16-7-6-12(17-13)14(18-2)19-3/h4-8,14H,1-3H3. The highest BCUT2D eigenvalue weighted by molar-refractivity contribution is 5.59. The monoisotopic (exact) mass is 262 g/mol. The molecule has 0 unspecified atom stereocenters. The summed E-state index contributed by atoms with van der Waals surface area (Å²) in [4.78, 5) is 8.53. The number of nitrogens with zero attached hydrogens (tertiary/aromatic N) is 2. The van der Waals surface area contributed by atoms with E-state index in [0.717, 1.165) is 5.56 Å². The Morgan fingerprint density at radius 3 is 2.58 bits per heavy atom. The smallest absolute Gasteiger partial charge is 0.200 e. The molecule has 2 aromatic rings. The highest BCUT2D eigenvalue weighted by Crippen LogP contribution is 2.23. The SMILES string of the molecule is COC(OC)c1ccnc(-c2cc(F)ccc2C)n1. The average molecular weight is 262 g/mol. The third kappa shape index (κ3) is 2.94. The van der Waals surface area contributed by atoms with Crippen LogP contribution in [-0.2, 0) is 9.47 Å². The number of hydrogen-bond donors (Lipinski definition) is 0. The Balaban J connectivity index is 2.45. The van der Waals surface area contributed by atoms with Gasteiger partial charge >= 0.3 is 0 Å². The maximum Gasteiger partial charge on any atom is 0.200 e. The molecule has 0 amide bonds. The van der Waals surface area contributed by atoms with Gasteiger partial charge in [-0.3, -0.25) is 0 Å². The van der Waals surface area contributed by atoms with Crippen LogP contribution in [0.25, 0.3) is 11.4 Å². The number of aromatic nitrogens is 2. The van der Waals surface area contributed by atoms with Gasteiger partial charge in [-0.1, -0.05) is 6.07 Å². The van der Waals surface area contributed by atoms with Gasteiger partial charge in [0.1, 0.15) is 11.5 Å². The second kappa shape index (κ2) is 5.86. The molecule has 0 saturated heterocycles. The number of aryl methyl sites for hydroxylation is 1. The first kappa shape index (κ1) is 13.6. The van der Waals surface area contributed by atoms with Gasteiger partial charge in [0.25, 0.3) is 0 Å². The molecule has 0 bridgehead atoms. The van der Waals surface area contributed by atoms with E-state index in [9.17, 15) is 4.39 Å². The highest BCUT2D eigenvalue weighted by atomic mass is 19.1. The van der Waals surface area contributed by atoms with Gasteiger partial charge in [0.05, 0.1) is 0 Å². The molecule has 1 aromatic heterocycles. The summed E-state index contributed by atoms with van der Waals surface area (Å²) >= 11 is 0. The van der Waals surface area contributed by atoms with Crippen molar-refractivity contribution in [1.82, 2.24) is 9.97 Å². The van der Waals surface area contributed by atoms with E-state index in [-0.39, 0.29) is 5.82 Å². The molecule has 0 radical (unpaired) electrons. The Morgan fingerprint density at radius 2 is 1.89 bits per heavy atom. The second-order valence-corrected chi connectivity index (χ2v) is 4.07. The van der Waals surface area contributed by atoms with E-state index in [1.54, 1.807) is 18.3 Å². The Labute approximate surface area is 111 Å². The van der Waals surface area contributed by atoms with Crippen LogP contribution in [0.5, 0.6) is 0 Å². The van der Waals surface area contributed by atoms with Gasteiger partial charge in [-0.25, -0.2) is 14.4 Å². The fourth-order valence-corrected chi connectivity index (χ4v) is 1.81. The number of rotatable bonds is 4. The first-order chi connectivity index (χ1) is 9.15. The maximum absolute atomic E-state index is 13.3. The summed E-state index contributed by atoms with van der Waals surface area (Å²) in [5, 5.41) is 0. The molecule has 19 heavy (non-hydrogen) atoms. The fourth-order valence-electron chi connectivity index (χ4n) is 1.81. The van der Waals surface area contributed by atoms with Crippen LogP contribution in [0.1, 0.15) is 17.5 Å². The van der Waals surface area contributed by atoms with Crippen LogP contribution < -0.4 is 0 Å². The van der Waals surface area contributed by atoms with E-state index < -0.39 is 6.29 Å². The maximum atomic E-state index is 13.3. The van der Waals surface area contributed by atoms with Gasteiger partial charge < -0.3 is 9.47 Å². The Morgan fingerprint density at radius 1 is 1.16 bits per heavy atom. The number of benzene rings is 1. The van der Waals surface area contributed by atoms with E-state index >= 15 is 0 Å². The van der Waals surface area contributed by atoms with Crippen LogP contribution in [0, 0.1) is 12.7 Å². The minimum atomic E-state index is -0.560. The highest BCUT2D eigenvalue weighted by Gasteiger charge is 2.13. The number of halogens is 1. The lowest BCUT2D eigenvalue weighted by atomic mass is 10.1. The fraction of sp³-hybridized carbons (Fsp3) is 0.286. The molecule has 0 saturated carbocycles.